The van der Waals surface area contributed by atoms with E-state index in [1.807, 2.05) is 21.1 Å². The fourth-order valence-corrected chi connectivity index (χ4v) is 4.46. The number of likely N-dealkylation sites (N-methyl/N-ethyl adjacent to an activating group) is 1. The van der Waals surface area contributed by atoms with Crippen LogP contribution in [0.5, 0.6) is 0 Å². The summed E-state index contributed by atoms with van der Waals surface area (Å²) in [5, 5.41) is 8.97. The maximum absolute atomic E-state index is 11.9. The Hall–Kier alpha value is -0.0500. The normalized spacial score (nSPS) is 14.8. The van der Waals surface area contributed by atoms with Crippen molar-refractivity contribution < 1.29 is 37.9 Å². The number of phosphoric acid groups is 1. The largest absolute Gasteiger partial charge is 0.472 e. The highest BCUT2D eigenvalue weighted by atomic mass is 31.2. The second-order valence-electron chi connectivity index (χ2n) is 10.7. The zero-order valence-electron chi connectivity index (χ0n) is 23.3. The Morgan fingerprint density at radius 1 is 0.686 bits per heavy atom. The number of nitrogens with zero attached hydrogens (tertiary/aromatic N) is 1. The van der Waals surface area contributed by atoms with Crippen molar-refractivity contribution in [1.29, 1.82) is 0 Å². The summed E-state index contributed by atoms with van der Waals surface area (Å²) < 4.78 is 27.9. The molecule has 8 nitrogen and oxygen atoms in total. The molecule has 0 saturated heterocycles. The van der Waals surface area contributed by atoms with Gasteiger partial charge in [0.25, 0.3) is 0 Å². The van der Waals surface area contributed by atoms with E-state index in [1.165, 1.54) is 89.9 Å². The topological polar surface area (TPSA) is 94.5 Å². The summed E-state index contributed by atoms with van der Waals surface area (Å²) in [4.78, 5) is 14.0. The summed E-state index contributed by atoms with van der Waals surface area (Å²) in [6.07, 6.45) is 20.3. The van der Waals surface area contributed by atoms with Crippen LogP contribution in [0.3, 0.4) is 0 Å². The third kappa shape index (κ3) is 26.8. The minimum absolute atomic E-state index is 0.0914. The van der Waals surface area contributed by atoms with Gasteiger partial charge in [0.2, 0.25) is 0 Å². The van der Waals surface area contributed by atoms with Crippen LogP contribution in [0.25, 0.3) is 0 Å². The molecule has 2 N–H and O–H groups in total. The van der Waals surface area contributed by atoms with Crippen LogP contribution in [0.4, 0.5) is 0 Å². The lowest BCUT2D eigenvalue weighted by molar-refractivity contribution is -0.870. The van der Waals surface area contributed by atoms with Crippen molar-refractivity contribution >= 4 is 7.82 Å². The van der Waals surface area contributed by atoms with E-state index in [9.17, 15) is 9.46 Å². The van der Waals surface area contributed by atoms with Gasteiger partial charge in [0.15, 0.2) is 0 Å². The quantitative estimate of drug-likeness (QED) is 0.0393. The molecular formula is C26H57NO7P+. The summed E-state index contributed by atoms with van der Waals surface area (Å²) in [6.45, 7) is 3.30. The fraction of sp³-hybridized carbons (Fsp3) is 1.00. The van der Waals surface area contributed by atoms with Gasteiger partial charge in [-0.25, -0.2) is 9.45 Å². The first-order valence-corrected chi connectivity index (χ1v) is 15.5. The van der Waals surface area contributed by atoms with Crippen LogP contribution in [0.15, 0.2) is 0 Å². The van der Waals surface area contributed by atoms with Gasteiger partial charge in [0, 0.05) is 6.61 Å². The van der Waals surface area contributed by atoms with Gasteiger partial charge in [-0.05, 0) is 6.42 Å². The number of hydrogen-bond acceptors (Lipinski definition) is 6. The summed E-state index contributed by atoms with van der Waals surface area (Å²) >= 11 is 0. The molecule has 0 aromatic heterocycles. The summed E-state index contributed by atoms with van der Waals surface area (Å²) in [6, 6.07) is 0. The molecular weight excluding hydrogens is 469 g/mol. The summed E-state index contributed by atoms with van der Waals surface area (Å²) in [5.41, 5.74) is 0. The van der Waals surface area contributed by atoms with Crippen molar-refractivity contribution in [1.82, 2.24) is 0 Å². The number of rotatable bonds is 27. The Labute approximate surface area is 215 Å². The number of hydrogen-bond donors (Lipinski definition) is 2. The molecule has 0 fully saturated rings. The summed E-state index contributed by atoms with van der Waals surface area (Å²) in [5.74, 6) is 0. The van der Waals surface area contributed by atoms with E-state index >= 15 is 0 Å². The van der Waals surface area contributed by atoms with Crippen LogP contribution >= 0.6 is 7.82 Å². The third-order valence-electron chi connectivity index (χ3n) is 6.04. The van der Waals surface area contributed by atoms with E-state index in [1.54, 1.807) is 0 Å². The SMILES string of the molecule is CCCCCCCCCCCCCCCCCCOCC(COP(=O)(O)OCC[N+](C)(C)C)OO. The van der Waals surface area contributed by atoms with Gasteiger partial charge in [-0.2, -0.15) is 0 Å². The maximum Gasteiger partial charge on any atom is 0.472 e. The first-order valence-electron chi connectivity index (χ1n) is 14.0. The third-order valence-corrected chi connectivity index (χ3v) is 7.02. The molecule has 0 aliphatic heterocycles. The van der Waals surface area contributed by atoms with Crippen LogP contribution in [-0.4, -0.2) is 74.9 Å². The Balaban J connectivity index is 3.49. The Kier molecular flexibility index (Phi) is 23.1. The molecule has 212 valence electrons. The molecule has 0 spiro atoms. The lowest BCUT2D eigenvalue weighted by atomic mass is 10.0. The van der Waals surface area contributed by atoms with E-state index < -0.39 is 13.9 Å². The van der Waals surface area contributed by atoms with Crippen LogP contribution in [0, 0.1) is 0 Å². The maximum atomic E-state index is 11.9. The molecule has 9 heteroatoms. The first kappa shape index (κ1) is 35.0. The van der Waals surface area contributed by atoms with Crippen molar-refractivity contribution in [3.05, 3.63) is 0 Å². The second kappa shape index (κ2) is 23.1. The molecule has 0 heterocycles. The minimum Gasteiger partial charge on any atom is -0.379 e. The molecule has 0 radical (unpaired) electrons. The first-order chi connectivity index (χ1) is 16.7. The molecule has 0 bridgehead atoms. The molecule has 0 rings (SSSR count). The Morgan fingerprint density at radius 3 is 1.57 bits per heavy atom. The number of phosphoric ester groups is 1. The van der Waals surface area contributed by atoms with Crippen LogP contribution in [0.2, 0.25) is 0 Å². The average Bonchev–Trinajstić information content (AvgIpc) is 2.79. The van der Waals surface area contributed by atoms with E-state index in [0.717, 1.165) is 12.8 Å². The van der Waals surface area contributed by atoms with E-state index in [4.69, 9.17) is 19.0 Å². The molecule has 35 heavy (non-hydrogen) atoms. The lowest BCUT2D eigenvalue weighted by Gasteiger charge is -2.24. The number of quaternary nitrogens is 1. The van der Waals surface area contributed by atoms with Gasteiger partial charge < -0.3 is 14.1 Å². The number of ether oxygens (including phenoxy) is 1. The molecule has 2 atom stereocenters. The molecule has 0 aliphatic carbocycles. The number of unbranched alkanes of at least 4 members (excludes halogenated alkanes) is 15. The van der Waals surface area contributed by atoms with Crippen molar-refractivity contribution in [2.45, 2.75) is 116 Å². The zero-order chi connectivity index (χ0) is 26.3. The van der Waals surface area contributed by atoms with Gasteiger partial charge in [-0.3, -0.25) is 14.3 Å². The predicted molar refractivity (Wildman–Crippen MR) is 142 cm³/mol. The van der Waals surface area contributed by atoms with E-state index in [-0.39, 0.29) is 19.8 Å². The van der Waals surface area contributed by atoms with Gasteiger partial charge in [-0.15, -0.1) is 0 Å². The lowest BCUT2D eigenvalue weighted by Crippen LogP contribution is -2.37. The molecule has 0 aromatic carbocycles. The van der Waals surface area contributed by atoms with Gasteiger partial charge in [-0.1, -0.05) is 103 Å². The van der Waals surface area contributed by atoms with Crippen molar-refractivity contribution in [3.8, 4) is 0 Å². The molecule has 2 unspecified atom stereocenters. The van der Waals surface area contributed by atoms with Crippen LogP contribution < -0.4 is 0 Å². The highest BCUT2D eigenvalue weighted by molar-refractivity contribution is 7.47. The predicted octanol–water partition coefficient (Wildman–Crippen LogP) is 6.96. The molecule has 0 saturated carbocycles. The van der Waals surface area contributed by atoms with Crippen molar-refractivity contribution in [3.63, 3.8) is 0 Å². The molecule has 0 aliphatic rings. The van der Waals surface area contributed by atoms with Crippen molar-refractivity contribution in [2.75, 3.05) is 54.1 Å². The zero-order valence-corrected chi connectivity index (χ0v) is 24.2. The highest BCUT2D eigenvalue weighted by Gasteiger charge is 2.25. The second-order valence-corrected chi connectivity index (χ2v) is 12.2. The monoisotopic (exact) mass is 526 g/mol. The highest BCUT2D eigenvalue weighted by Crippen LogP contribution is 2.43. The average molecular weight is 527 g/mol. The standard InChI is InChI=1S/C26H56NO7P/c1-5-6-7-8-9-10-11-12-13-14-15-16-17-18-19-20-22-31-24-26(34-28)25-33-35(29,30)32-23-21-27(2,3)4/h26H,5-25H2,1-4H3,(H-,28,29,30)/p+1. The molecule has 0 amide bonds. The van der Waals surface area contributed by atoms with Crippen LogP contribution in [-0.2, 0) is 23.2 Å². The van der Waals surface area contributed by atoms with Gasteiger partial charge >= 0.3 is 7.82 Å². The Morgan fingerprint density at radius 2 is 1.14 bits per heavy atom. The Bertz CT molecular complexity index is 503. The summed E-state index contributed by atoms with van der Waals surface area (Å²) in [7, 11) is 1.69. The minimum atomic E-state index is -4.18. The van der Waals surface area contributed by atoms with Crippen molar-refractivity contribution in [2.24, 2.45) is 0 Å². The van der Waals surface area contributed by atoms with E-state index in [0.29, 0.717) is 17.6 Å². The van der Waals surface area contributed by atoms with Gasteiger partial charge in [0.05, 0.1) is 34.4 Å². The van der Waals surface area contributed by atoms with Crippen LogP contribution in [0.1, 0.15) is 110 Å². The smallest absolute Gasteiger partial charge is 0.379 e. The van der Waals surface area contributed by atoms with E-state index in [2.05, 4.69) is 11.8 Å². The molecule has 0 aromatic rings. The fourth-order valence-electron chi connectivity index (χ4n) is 3.72. The van der Waals surface area contributed by atoms with Gasteiger partial charge in [0.1, 0.15) is 19.3 Å².